The van der Waals surface area contributed by atoms with Crippen molar-refractivity contribution in [1.29, 1.82) is 0 Å². The number of halogens is 2. The smallest absolute Gasteiger partial charge is 0.0393 e. The molecule has 0 saturated carbocycles. The first-order valence-corrected chi connectivity index (χ1v) is 12.1. The van der Waals surface area contributed by atoms with Crippen LogP contribution in [0.15, 0.2) is 35.6 Å². The zero-order valence-corrected chi connectivity index (χ0v) is 20.6. The van der Waals surface area contributed by atoms with Crippen LogP contribution < -0.4 is 0 Å². The summed E-state index contributed by atoms with van der Waals surface area (Å²) < 4.78 is 0. The van der Waals surface area contributed by atoms with E-state index < -0.39 is 8.07 Å². The number of allylic oxidation sites excluding steroid dienone is 8. The summed E-state index contributed by atoms with van der Waals surface area (Å²) in [6.07, 6.45) is 18.8. The van der Waals surface area contributed by atoms with Gasteiger partial charge in [0.15, 0.2) is 0 Å². The van der Waals surface area contributed by atoms with Gasteiger partial charge in [-0.25, -0.2) is 23.4 Å². The Hall–Kier alpha value is 0.844. The average Bonchev–Trinajstić information content (AvgIpc) is 2.95. The second-order valence-electron chi connectivity index (χ2n) is 5.03. The van der Waals surface area contributed by atoms with E-state index in [1.165, 1.54) is 5.20 Å². The molecule has 0 saturated heterocycles. The molecule has 0 aromatic carbocycles. The molecule has 0 heterocycles. The molecule has 1 radical (unpaired) electrons. The molecule has 0 N–H and O–H groups in total. The molecule has 2 aliphatic carbocycles. The van der Waals surface area contributed by atoms with E-state index in [9.17, 15) is 0 Å². The summed E-state index contributed by atoms with van der Waals surface area (Å²) in [5.41, 5.74) is 0. The molecular weight excluding hydrogens is 486 g/mol. The number of hydrogen-bond donors (Lipinski definition) is 0. The van der Waals surface area contributed by atoms with Crippen LogP contribution in [-0.4, -0.2) is 17.6 Å². The second-order valence-corrected chi connectivity index (χ2v) is 11.2. The van der Waals surface area contributed by atoms with Crippen LogP contribution in [0.1, 0.15) is 12.8 Å². The van der Waals surface area contributed by atoms with E-state index in [-0.39, 0.29) is 50.7 Å². The summed E-state index contributed by atoms with van der Waals surface area (Å²) in [6.45, 7) is 11.5. The minimum atomic E-state index is -1.01. The number of rotatable bonds is 1. The minimum Gasteiger partial charge on any atom is -0.274 e. The van der Waals surface area contributed by atoms with Gasteiger partial charge in [-0.1, -0.05) is 32.7 Å². The van der Waals surface area contributed by atoms with Crippen LogP contribution in [0.3, 0.4) is 0 Å². The Morgan fingerprint density at radius 2 is 1.60 bits per heavy atom. The van der Waals surface area contributed by atoms with E-state index in [0.29, 0.717) is 0 Å². The standard InChI is InChI=1S/C8H13Si.C5H5.C2H7Si.2ClH.Hf/c1-9(2,3)8-6-4-5-7-8;1-2-4-5-3-1;1-3-2;;;/h4,6H,5H2,1-3H3;1-3H,4H2;3H,1-2H3;2*1H;/q2*-1;;;;. The van der Waals surface area contributed by atoms with Crippen LogP contribution in [-0.2, 0) is 25.8 Å². The van der Waals surface area contributed by atoms with Crippen LogP contribution in [0.25, 0.3) is 0 Å². The Morgan fingerprint density at radius 3 is 1.75 bits per heavy atom. The van der Waals surface area contributed by atoms with Crippen molar-refractivity contribution in [3.8, 4) is 0 Å². The SMILES string of the molecule is C[SiH]C.C[Si](C)(C)C1=[C-]CC=C1.Cl.Cl.[C-]1=CC=CC1.[Hf]. The Morgan fingerprint density at radius 1 is 1.05 bits per heavy atom. The summed E-state index contributed by atoms with van der Waals surface area (Å²) in [5, 5.41) is 1.49. The Labute approximate surface area is 160 Å². The van der Waals surface area contributed by atoms with Gasteiger partial charge < -0.3 is 0 Å². The maximum absolute atomic E-state index is 3.36. The molecule has 0 amide bonds. The Bertz CT molecular complexity index is 306. The van der Waals surface area contributed by atoms with Crippen LogP contribution in [0, 0.1) is 12.2 Å². The normalized spacial score (nSPS) is 13.6. The zero-order valence-electron chi connectivity index (χ0n) is 13.2. The molecule has 0 nitrogen and oxygen atoms in total. The van der Waals surface area contributed by atoms with Gasteiger partial charge in [-0.3, -0.25) is 12.2 Å². The summed E-state index contributed by atoms with van der Waals surface area (Å²) in [7, 11) is -0.255. The van der Waals surface area contributed by atoms with Gasteiger partial charge in [0.1, 0.15) is 0 Å². The molecule has 5 heteroatoms. The van der Waals surface area contributed by atoms with Gasteiger partial charge >= 0.3 is 0 Å². The third kappa shape index (κ3) is 16.9. The van der Waals surface area contributed by atoms with Crippen molar-refractivity contribution >= 4 is 42.4 Å². The van der Waals surface area contributed by atoms with Crippen molar-refractivity contribution < 1.29 is 25.8 Å². The van der Waals surface area contributed by atoms with E-state index in [2.05, 4.69) is 63.1 Å². The molecule has 115 valence electrons. The summed E-state index contributed by atoms with van der Waals surface area (Å²) in [4.78, 5) is 0. The van der Waals surface area contributed by atoms with Crippen LogP contribution in [0.4, 0.5) is 0 Å². The van der Waals surface area contributed by atoms with Crippen LogP contribution in [0.5, 0.6) is 0 Å². The molecule has 0 spiro atoms. The molecule has 0 aromatic heterocycles. The van der Waals surface area contributed by atoms with Crippen molar-refractivity contribution in [3.63, 3.8) is 0 Å². The average molecular weight is 513 g/mol. The molecule has 0 unspecified atom stereocenters. The quantitative estimate of drug-likeness (QED) is 0.334. The fourth-order valence-corrected chi connectivity index (χ4v) is 2.51. The van der Waals surface area contributed by atoms with Crippen LogP contribution in [0.2, 0.25) is 32.7 Å². The zero-order chi connectivity index (χ0) is 13.1. The molecule has 0 bridgehead atoms. The molecule has 2 aliphatic rings. The predicted molar refractivity (Wildman–Crippen MR) is 98.8 cm³/mol. The van der Waals surface area contributed by atoms with Crippen molar-refractivity contribution in [2.24, 2.45) is 0 Å². The molecule has 0 atom stereocenters. The first-order valence-electron chi connectivity index (χ1n) is 6.26. The Kier molecular flexibility index (Phi) is 25.9. The van der Waals surface area contributed by atoms with Gasteiger partial charge in [0.25, 0.3) is 0 Å². The summed E-state index contributed by atoms with van der Waals surface area (Å²) in [5.74, 6) is 0. The van der Waals surface area contributed by atoms with Gasteiger partial charge in [0.2, 0.25) is 0 Å². The first-order chi connectivity index (χ1) is 8.02. The maximum Gasteiger partial charge on any atom is 0.0393 e. The fraction of sp³-hybridized carbons (Fsp3) is 0.467. The van der Waals surface area contributed by atoms with Gasteiger partial charge in [-0.2, -0.15) is 12.2 Å². The molecule has 0 aliphatic heterocycles. The van der Waals surface area contributed by atoms with Gasteiger partial charge in [0.05, 0.1) is 0 Å². The minimum absolute atomic E-state index is 0. The van der Waals surface area contributed by atoms with Crippen molar-refractivity contribution in [3.05, 3.63) is 47.7 Å². The molecule has 0 fully saturated rings. The predicted octanol–water partition coefficient (Wildman–Crippen LogP) is 5.22. The van der Waals surface area contributed by atoms with Gasteiger partial charge in [-0.05, 0) is 0 Å². The van der Waals surface area contributed by atoms with Crippen molar-refractivity contribution in [2.75, 3.05) is 0 Å². The topological polar surface area (TPSA) is 0 Å². The third-order valence-electron chi connectivity index (χ3n) is 2.09. The van der Waals surface area contributed by atoms with Crippen LogP contribution >= 0.6 is 24.8 Å². The van der Waals surface area contributed by atoms with E-state index in [1.807, 2.05) is 12.2 Å². The van der Waals surface area contributed by atoms with E-state index in [4.69, 9.17) is 0 Å². The molecule has 0 aromatic rings. The van der Waals surface area contributed by atoms with E-state index >= 15 is 0 Å². The molecule has 20 heavy (non-hydrogen) atoms. The van der Waals surface area contributed by atoms with Gasteiger partial charge in [0, 0.05) is 43.4 Å². The second kappa shape index (κ2) is 17.9. The summed E-state index contributed by atoms with van der Waals surface area (Å²) >= 11 is 0. The molecule has 2 rings (SSSR count). The fourth-order valence-electron chi connectivity index (χ4n) is 1.26. The first kappa shape index (κ1) is 28.9. The van der Waals surface area contributed by atoms with E-state index in [0.717, 1.165) is 22.4 Å². The van der Waals surface area contributed by atoms with Crippen molar-refractivity contribution in [1.82, 2.24) is 0 Å². The van der Waals surface area contributed by atoms with Crippen molar-refractivity contribution in [2.45, 2.75) is 45.6 Å². The monoisotopic (exact) mass is 513 g/mol. The summed E-state index contributed by atoms with van der Waals surface area (Å²) in [6, 6.07) is 0. The van der Waals surface area contributed by atoms with E-state index in [1.54, 1.807) is 0 Å². The third-order valence-corrected chi connectivity index (χ3v) is 4.05. The van der Waals surface area contributed by atoms with Gasteiger partial charge in [-0.15, -0.1) is 37.7 Å². The number of hydrogen-bond acceptors (Lipinski definition) is 0. The maximum atomic E-state index is 3.36. The Balaban J connectivity index is -0.000000102. The largest absolute Gasteiger partial charge is 0.274 e. The molecular formula is C15H27Cl2HfSi2-2.